The van der Waals surface area contributed by atoms with Gasteiger partial charge < -0.3 is 19.0 Å². The number of hydrogen-bond donors (Lipinski definition) is 0. The number of rotatable bonds is 7. The third-order valence-corrected chi connectivity index (χ3v) is 4.31. The van der Waals surface area contributed by atoms with Crippen LogP contribution < -0.4 is 4.90 Å². The van der Waals surface area contributed by atoms with Crippen molar-refractivity contribution in [2.45, 2.75) is 6.54 Å². The van der Waals surface area contributed by atoms with E-state index in [2.05, 4.69) is 4.98 Å². The van der Waals surface area contributed by atoms with Gasteiger partial charge in [0.15, 0.2) is 12.2 Å². The lowest BCUT2D eigenvalue weighted by Crippen LogP contribution is -2.30. The van der Waals surface area contributed by atoms with Crippen molar-refractivity contribution in [1.82, 2.24) is 9.88 Å². The van der Waals surface area contributed by atoms with Gasteiger partial charge in [-0.25, -0.2) is 9.78 Å². The van der Waals surface area contributed by atoms with Crippen molar-refractivity contribution in [2.24, 2.45) is 0 Å². The summed E-state index contributed by atoms with van der Waals surface area (Å²) in [6.07, 6.45) is 2.61. The Morgan fingerprint density at radius 3 is 2.48 bits per heavy atom. The second kappa shape index (κ2) is 9.05. The quantitative estimate of drug-likeness (QED) is 0.454. The summed E-state index contributed by atoms with van der Waals surface area (Å²) in [5.74, 6) is -0.623. The van der Waals surface area contributed by atoms with E-state index in [0.717, 1.165) is 11.3 Å². The number of oxazole rings is 1. The molecule has 150 valence electrons. The van der Waals surface area contributed by atoms with Gasteiger partial charge in [0.25, 0.3) is 5.91 Å². The van der Waals surface area contributed by atoms with E-state index in [-0.39, 0.29) is 12.5 Å². The third-order valence-electron chi connectivity index (χ3n) is 4.31. The van der Waals surface area contributed by atoms with Crippen LogP contribution in [0.2, 0.25) is 0 Å². The zero-order valence-electron chi connectivity index (χ0n) is 16.7. The van der Waals surface area contributed by atoms with Crippen molar-refractivity contribution in [1.29, 1.82) is 0 Å². The maximum Gasteiger partial charge on any atom is 0.331 e. The van der Waals surface area contributed by atoms with E-state index < -0.39 is 5.97 Å². The molecule has 1 amide bonds. The minimum Gasteiger partial charge on any atom is -0.452 e. The number of carbonyl (C=O) groups excluding carboxylic acids is 2. The number of hydrogen-bond acceptors (Lipinski definition) is 6. The Labute approximate surface area is 169 Å². The lowest BCUT2D eigenvalue weighted by atomic mass is 10.2. The average molecular weight is 393 g/mol. The number of aromatic nitrogens is 1. The van der Waals surface area contributed by atoms with Crippen molar-refractivity contribution in [3.05, 3.63) is 66.1 Å². The molecule has 1 aromatic heterocycles. The lowest BCUT2D eigenvalue weighted by molar-refractivity contribution is -0.147. The van der Waals surface area contributed by atoms with Gasteiger partial charge in [-0.3, -0.25) is 4.79 Å². The molecule has 0 saturated carbocycles. The van der Waals surface area contributed by atoms with Gasteiger partial charge in [0.1, 0.15) is 5.52 Å². The van der Waals surface area contributed by atoms with Crippen molar-refractivity contribution in [3.8, 4) is 0 Å². The van der Waals surface area contributed by atoms with Gasteiger partial charge in [0, 0.05) is 45.5 Å². The summed E-state index contributed by atoms with van der Waals surface area (Å²) in [4.78, 5) is 31.8. The highest BCUT2D eigenvalue weighted by Gasteiger charge is 2.12. The molecule has 0 radical (unpaired) electrons. The molecular formula is C22H23N3O4. The van der Waals surface area contributed by atoms with Crippen molar-refractivity contribution < 1.29 is 18.7 Å². The van der Waals surface area contributed by atoms with Crippen molar-refractivity contribution in [2.75, 3.05) is 32.6 Å². The summed E-state index contributed by atoms with van der Waals surface area (Å²) in [7, 11) is 5.61. The van der Waals surface area contributed by atoms with Gasteiger partial charge in [-0.05, 0) is 29.8 Å². The Balaban J connectivity index is 1.47. The zero-order chi connectivity index (χ0) is 20.8. The number of para-hydroxylation sites is 2. The largest absolute Gasteiger partial charge is 0.452 e. The summed E-state index contributed by atoms with van der Waals surface area (Å²) in [6.45, 7) is 0.103. The molecule has 3 aromatic rings. The number of anilines is 1. The zero-order valence-corrected chi connectivity index (χ0v) is 16.7. The van der Waals surface area contributed by atoms with E-state index in [1.807, 2.05) is 61.5 Å². The summed E-state index contributed by atoms with van der Waals surface area (Å²) in [5.41, 5.74) is 3.42. The maximum atomic E-state index is 12.2. The molecule has 0 aliphatic heterocycles. The molecule has 0 bridgehead atoms. The summed E-state index contributed by atoms with van der Waals surface area (Å²) >= 11 is 0. The summed E-state index contributed by atoms with van der Waals surface area (Å²) < 4.78 is 10.5. The van der Waals surface area contributed by atoms with Gasteiger partial charge in [-0.1, -0.05) is 24.3 Å². The molecule has 2 aromatic carbocycles. The van der Waals surface area contributed by atoms with Crippen LogP contribution in [0.5, 0.6) is 0 Å². The van der Waals surface area contributed by atoms with Gasteiger partial charge >= 0.3 is 5.97 Å². The molecular weight excluding hydrogens is 370 g/mol. The fourth-order valence-electron chi connectivity index (χ4n) is 2.65. The third kappa shape index (κ3) is 5.44. The molecule has 0 unspecified atom stereocenters. The van der Waals surface area contributed by atoms with E-state index in [1.54, 1.807) is 13.1 Å². The first-order valence-corrected chi connectivity index (χ1v) is 9.13. The predicted octanol–water partition coefficient (Wildman–Crippen LogP) is 3.11. The van der Waals surface area contributed by atoms with Crippen LogP contribution in [0.15, 0.2) is 59.0 Å². The molecule has 7 nitrogen and oxygen atoms in total. The van der Waals surface area contributed by atoms with Crippen molar-refractivity contribution >= 4 is 34.7 Å². The van der Waals surface area contributed by atoms with E-state index in [0.29, 0.717) is 23.5 Å². The minimum absolute atomic E-state index is 0.287. The molecule has 0 saturated heterocycles. The Hall–Kier alpha value is -3.61. The number of benzene rings is 2. The molecule has 7 heteroatoms. The van der Waals surface area contributed by atoms with Gasteiger partial charge in [0.2, 0.25) is 5.89 Å². The number of likely N-dealkylation sites (N-methyl/N-ethyl adjacent to an activating group) is 1. The molecule has 0 aliphatic rings. The number of amides is 1. The maximum absolute atomic E-state index is 12.2. The Bertz CT molecular complexity index is 989. The molecule has 0 atom stereocenters. The van der Waals surface area contributed by atoms with E-state index >= 15 is 0 Å². The number of fused-ring (bicyclic) bond motifs is 1. The second-order valence-corrected chi connectivity index (χ2v) is 6.77. The highest BCUT2D eigenvalue weighted by Crippen LogP contribution is 2.15. The summed E-state index contributed by atoms with van der Waals surface area (Å²) in [5, 5.41) is 0. The molecule has 1 heterocycles. The van der Waals surface area contributed by atoms with Crippen LogP contribution in [0.25, 0.3) is 17.2 Å². The van der Waals surface area contributed by atoms with Crippen LogP contribution in [-0.2, 0) is 20.9 Å². The standard InChI is InChI=1S/C22H23N3O4/c1-24(2)17-10-8-16(9-11-17)14-25(3)21(26)15-28-22(27)13-12-20-23-18-6-4-5-7-19(18)29-20/h4-13H,14-15H2,1-3H3/b13-12+. The van der Waals surface area contributed by atoms with Crippen LogP contribution in [0.3, 0.4) is 0 Å². The van der Waals surface area contributed by atoms with Crippen molar-refractivity contribution in [3.63, 3.8) is 0 Å². The Kier molecular flexibility index (Phi) is 6.29. The summed E-state index contributed by atoms with van der Waals surface area (Å²) in [6, 6.07) is 15.2. The number of esters is 1. The van der Waals surface area contributed by atoms with Crippen LogP contribution in [0.4, 0.5) is 5.69 Å². The van der Waals surface area contributed by atoms with Crippen LogP contribution in [0, 0.1) is 0 Å². The number of ether oxygens (including phenoxy) is 1. The Morgan fingerprint density at radius 1 is 1.07 bits per heavy atom. The highest BCUT2D eigenvalue weighted by molar-refractivity contribution is 5.89. The molecule has 0 aliphatic carbocycles. The second-order valence-electron chi connectivity index (χ2n) is 6.77. The van der Waals surface area contributed by atoms with E-state index in [4.69, 9.17) is 9.15 Å². The molecule has 0 spiro atoms. The van der Waals surface area contributed by atoms with Crippen LogP contribution in [0.1, 0.15) is 11.5 Å². The SMILES string of the molecule is CN(Cc1ccc(N(C)C)cc1)C(=O)COC(=O)/C=C/c1nc2ccccc2o1. The van der Waals surface area contributed by atoms with Gasteiger partial charge in [0.05, 0.1) is 0 Å². The lowest BCUT2D eigenvalue weighted by Gasteiger charge is -2.18. The molecule has 29 heavy (non-hydrogen) atoms. The van der Waals surface area contributed by atoms with Crippen LogP contribution >= 0.6 is 0 Å². The van der Waals surface area contributed by atoms with Crippen LogP contribution in [-0.4, -0.2) is 49.5 Å². The minimum atomic E-state index is -0.635. The molecule has 0 N–H and O–H groups in total. The first-order valence-electron chi connectivity index (χ1n) is 9.13. The number of carbonyl (C=O) groups is 2. The predicted molar refractivity (Wildman–Crippen MR) is 111 cm³/mol. The number of nitrogens with zero attached hydrogens (tertiary/aromatic N) is 3. The normalized spacial score (nSPS) is 11.0. The topological polar surface area (TPSA) is 75.9 Å². The fourth-order valence-corrected chi connectivity index (χ4v) is 2.65. The fraction of sp³-hybridized carbons (Fsp3) is 0.227. The smallest absolute Gasteiger partial charge is 0.331 e. The van der Waals surface area contributed by atoms with Gasteiger partial charge in [-0.2, -0.15) is 0 Å². The average Bonchev–Trinajstić information content (AvgIpc) is 3.13. The Morgan fingerprint density at radius 2 is 1.79 bits per heavy atom. The first-order chi connectivity index (χ1) is 13.9. The molecule has 0 fully saturated rings. The molecule has 3 rings (SSSR count). The van der Waals surface area contributed by atoms with Gasteiger partial charge in [-0.15, -0.1) is 0 Å². The highest BCUT2D eigenvalue weighted by atomic mass is 16.5. The first kappa shape index (κ1) is 20.1. The monoisotopic (exact) mass is 393 g/mol. The van der Waals surface area contributed by atoms with E-state index in [9.17, 15) is 9.59 Å². The van der Waals surface area contributed by atoms with E-state index in [1.165, 1.54) is 17.1 Å².